The first-order valence-electron chi connectivity index (χ1n) is 42.0. The van der Waals surface area contributed by atoms with Gasteiger partial charge in [0.25, 0.3) is 0 Å². The predicted octanol–water partition coefficient (Wildman–Crippen LogP) is -2.85. The molecular formula is C82H144N20O21. The minimum Gasteiger partial charge on any atom is -0.394 e. The van der Waals surface area contributed by atoms with Crippen LogP contribution >= 0.6 is 0 Å². The van der Waals surface area contributed by atoms with E-state index >= 15 is 0 Å². The van der Waals surface area contributed by atoms with Crippen molar-refractivity contribution >= 4 is 118 Å². The molecule has 1 saturated heterocycles. The summed E-state index contributed by atoms with van der Waals surface area (Å²) in [6, 6.07) is -11.3. The zero-order valence-electron chi connectivity index (χ0n) is 76.9. The number of nitrogens with one attached hydrogen (secondary N) is 17. The van der Waals surface area contributed by atoms with Crippen LogP contribution in [0.3, 0.4) is 0 Å². The summed E-state index contributed by atoms with van der Waals surface area (Å²) in [6.07, 6.45) is -0.417. The van der Waals surface area contributed by atoms with Gasteiger partial charge in [0.1, 0.15) is 87.1 Å². The zero-order chi connectivity index (χ0) is 95.3. The Morgan fingerprint density at radius 3 is 1.15 bits per heavy atom. The number of likely N-dealkylation sites (tertiary alicyclic amines) is 1. The van der Waals surface area contributed by atoms with E-state index in [1.807, 2.05) is 13.8 Å². The average Bonchev–Trinajstić information content (AvgIpc) is 1.59. The van der Waals surface area contributed by atoms with Gasteiger partial charge in [0.2, 0.25) is 118 Å². The molecule has 1 fully saturated rings. The van der Waals surface area contributed by atoms with Crippen LogP contribution in [0.5, 0.6) is 0 Å². The van der Waals surface area contributed by atoms with Gasteiger partial charge in [-0.25, -0.2) is 0 Å². The van der Waals surface area contributed by atoms with Crippen LogP contribution < -0.4 is 102 Å². The number of nitrogens with two attached hydrogens (primary N) is 2. The van der Waals surface area contributed by atoms with Crippen molar-refractivity contribution in [2.75, 3.05) is 26.2 Å². The minimum atomic E-state index is -1.81. The minimum absolute atomic E-state index is 0.0130. The van der Waals surface area contributed by atoms with Gasteiger partial charge >= 0.3 is 0 Å². The second-order valence-corrected chi connectivity index (χ2v) is 36.8. The van der Waals surface area contributed by atoms with E-state index in [2.05, 4.69) is 90.4 Å². The highest BCUT2D eigenvalue weighted by atomic mass is 16.3. The first-order chi connectivity index (χ1) is 56.3. The third kappa shape index (κ3) is 36.0. The van der Waals surface area contributed by atoms with Crippen molar-refractivity contribution in [1.82, 2.24) is 95.3 Å². The number of nitrogens with zero attached hydrogens (tertiary/aromatic N) is 1. The molecule has 1 heterocycles. The van der Waals surface area contributed by atoms with E-state index in [1.165, 1.54) is 109 Å². The Balaban J connectivity index is 3.27. The largest absolute Gasteiger partial charge is 0.394 e. The van der Waals surface area contributed by atoms with Crippen molar-refractivity contribution in [1.29, 1.82) is 0 Å². The van der Waals surface area contributed by atoms with E-state index in [-0.39, 0.29) is 69.2 Å². The molecule has 1 rings (SSSR count). The molecule has 0 radical (unpaired) electrons. The Labute approximate surface area is 722 Å². The maximum absolute atomic E-state index is 14.6. The molecule has 22 N–H and O–H groups in total. The molecule has 0 aromatic heterocycles. The number of hydrogen-bond acceptors (Lipinski definition) is 21. The number of amides is 20. The normalized spacial score (nSPS) is 16.1. The van der Waals surface area contributed by atoms with Gasteiger partial charge in [-0.1, -0.05) is 83.1 Å². The third-order valence-electron chi connectivity index (χ3n) is 20.8. The first-order valence-corrected chi connectivity index (χ1v) is 42.0. The fraction of sp³-hybridized carbons (Fsp3) is 0.756. The summed E-state index contributed by atoms with van der Waals surface area (Å²) in [5.74, 6) is -17.7. The van der Waals surface area contributed by atoms with E-state index < -0.39 is 256 Å². The van der Waals surface area contributed by atoms with E-state index in [0.717, 1.165) is 0 Å². The summed E-state index contributed by atoms with van der Waals surface area (Å²) in [5.41, 5.74) is -1.04. The lowest BCUT2D eigenvalue weighted by Gasteiger charge is -2.36. The highest BCUT2D eigenvalue weighted by molar-refractivity contribution is 6.04. The van der Waals surface area contributed by atoms with Crippen molar-refractivity contribution < 1.29 is 101 Å². The summed E-state index contributed by atoms with van der Waals surface area (Å²) >= 11 is 0. The lowest BCUT2D eigenvalue weighted by Crippen LogP contribution is -2.66. The molecule has 41 heteroatoms. The van der Waals surface area contributed by atoms with Gasteiger partial charge in [-0.05, 0) is 177 Å². The highest BCUT2D eigenvalue weighted by Crippen LogP contribution is 2.25. The van der Waals surface area contributed by atoms with Crippen LogP contribution in [0, 0.1) is 29.6 Å². The lowest BCUT2D eigenvalue weighted by molar-refractivity contribution is -0.145. The predicted molar refractivity (Wildman–Crippen MR) is 454 cm³/mol. The number of rotatable bonds is 51. The average molecular weight is 1750 g/mol. The number of carbonyl (C=O) groups is 20. The summed E-state index contributed by atoms with van der Waals surface area (Å²) in [5, 5.41) is 53.8. The SMILES string of the molecule is CCC(C)(NC(=O)C(C)(C)NC(=O)C(C)NC(=O)CNC(=O)C(C)(C)NC(C)=O)C(=O)NC(CCC(N)=O)C(=O)NC(C(=O)NC(C(=O)NC(C)(C)C(=O)NCC(=O)NC(CC(C)C)C(=O)NC(C)(C)C(=O)N1CCCC1C(=O)NC(CC(C)C)C(=O)NC(C)(C)C(=O)NC(C)(CC)C(=O)NC(CCC(N)=O)C(=O)NC(CO)CC(C)C)C(C)C)C(C)C. The Hall–Kier alpha value is -10.6. The van der Waals surface area contributed by atoms with E-state index in [0.29, 0.717) is 12.8 Å². The van der Waals surface area contributed by atoms with Crippen LogP contribution in [0.15, 0.2) is 0 Å². The molecule has 698 valence electrons. The fourth-order valence-electron chi connectivity index (χ4n) is 12.8. The summed E-state index contributed by atoms with van der Waals surface area (Å²) in [6.45, 7) is 37.7. The fourth-order valence-corrected chi connectivity index (χ4v) is 12.8. The summed E-state index contributed by atoms with van der Waals surface area (Å²) in [4.78, 5) is 273. The lowest BCUT2D eigenvalue weighted by atomic mass is 9.93. The Kier molecular flexibility index (Phi) is 42.9. The second kappa shape index (κ2) is 47.8. The Bertz CT molecular complexity index is 3820. The molecule has 0 bridgehead atoms. The van der Waals surface area contributed by atoms with Gasteiger partial charge in [-0.3, -0.25) is 95.9 Å². The van der Waals surface area contributed by atoms with Crippen molar-refractivity contribution in [3.05, 3.63) is 0 Å². The van der Waals surface area contributed by atoms with Gasteiger partial charge < -0.3 is 112 Å². The first kappa shape index (κ1) is 110. The van der Waals surface area contributed by atoms with Gasteiger partial charge in [0.15, 0.2) is 0 Å². The monoisotopic (exact) mass is 1750 g/mol. The molecule has 0 aliphatic carbocycles. The number of hydrogen-bond donors (Lipinski definition) is 20. The zero-order valence-corrected chi connectivity index (χ0v) is 76.9. The molecule has 123 heavy (non-hydrogen) atoms. The molecule has 11 unspecified atom stereocenters. The molecule has 0 spiro atoms. The number of carbonyl (C=O) groups excluding carboxylic acids is 20. The summed E-state index contributed by atoms with van der Waals surface area (Å²) in [7, 11) is 0. The number of primary amides is 2. The van der Waals surface area contributed by atoms with E-state index in [4.69, 9.17) is 11.5 Å². The molecule has 41 nitrogen and oxygen atoms in total. The second-order valence-electron chi connectivity index (χ2n) is 36.8. The number of aliphatic hydroxyl groups excluding tert-OH is 1. The van der Waals surface area contributed by atoms with Crippen LogP contribution in [0.4, 0.5) is 0 Å². The van der Waals surface area contributed by atoms with E-state index in [9.17, 15) is 101 Å². The Morgan fingerprint density at radius 1 is 0.390 bits per heavy atom. The van der Waals surface area contributed by atoms with Crippen LogP contribution in [0.25, 0.3) is 0 Å². The maximum atomic E-state index is 14.6. The van der Waals surface area contributed by atoms with Crippen LogP contribution in [0.2, 0.25) is 0 Å². The quantitative estimate of drug-likeness (QED) is 0.0291. The van der Waals surface area contributed by atoms with Crippen LogP contribution in [0.1, 0.15) is 251 Å². The molecule has 1 aliphatic heterocycles. The molecule has 20 amide bonds. The molecule has 0 aromatic carbocycles. The molecule has 0 saturated carbocycles. The maximum Gasteiger partial charge on any atom is 0.248 e. The third-order valence-corrected chi connectivity index (χ3v) is 20.8. The topological polar surface area (TPSA) is 621 Å². The smallest absolute Gasteiger partial charge is 0.248 e. The van der Waals surface area contributed by atoms with Crippen molar-refractivity contribution in [2.45, 2.75) is 344 Å². The standard InChI is InChI=1S/C82H144N20O21/c1-27-81(25,73(121)91-50(31-33-55(83)105)62(110)88-49(41-103)36-42(3)4)101-72(120)79(21,22)97-65(113)53(38-44(7)8)90-66(114)54-30-29-35-102(54)75(123)80(23,24)98-64(112)52(37-43(5)6)89-58(108)40-86-70(118)77(17,18)99-68(116)60(46(11)12)94-67(115)59(45(9)10)93-63(111)51(32-34-56(84)106)92-74(122)82(26,28-2)100-71(119)78(19,20)96-61(109)47(13)87-57(107)39-85-69(117)76(15,16)95-48(14)104/h42-47,49-54,59-60,103H,27-41H2,1-26H3,(H2,83,105)(H2,84,106)(H,85,117)(H,86,118)(H,87,107)(H,88,110)(H,89,108)(H,90,114)(H,91,121)(H,92,122)(H,93,111)(H,94,115)(H,95,104)(H,96,109)(H,97,113)(H,98,112)(H,99,116)(H,100,119)(H,101,120). The number of aliphatic hydroxyl groups is 1. The van der Waals surface area contributed by atoms with Gasteiger partial charge in [0, 0.05) is 26.3 Å². The van der Waals surface area contributed by atoms with Crippen molar-refractivity contribution in [3.63, 3.8) is 0 Å². The van der Waals surface area contributed by atoms with Gasteiger partial charge in [0.05, 0.1) is 25.7 Å². The van der Waals surface area contributed by atoms with Crippen molar-refractivity contribution in [3.8, 4) is 0 Å². The van der Waals surface area contributed by atoms with Crippen molar-refractivity contribution in [2.24, 2.45) is 41.1 Å². The van der Waals surface area contributed by atoms with Crippen LogP contribution in [-0.2, 0) is 95.9 Å². The van der Waals surface area contributed by atoms with Crippen LogP contribution in [-0.4, -0.2) is 248 Å². The molecular weight excluding hydrogens is 1600 g/mol. The van der Waals surface area contributed by atoms with Gasteiger partial charge in [-0.2, -0.15) is 0 Å². The van der Waals surface area contributed by atoms with Gasteiger partial charge in [-0.15, -0.1) is 0 Å². The Morgan fingerprint density at radius 2 is 0.756 bits per heavy atom. The molecule has 1 aliphatic rings. The van der Waals surface area contributed by atoms with E-state index in [1.54, 1.807) is 62.3 Å². The molecule has 0 aromatic rings. The summed E-state index contributed by atoms with van der Waals surface area (Å²) < 4.78 is 0. The highest BCUT2D eigenvalue weighted by Gasteiger charge is 2.47. The molecule has 11 atom stereocenters.